The molecule has 2 atom stereocenters. The van der Waals surface area contributed by atoms with Gasteiger partial charge in [0, 0.05) is 43.0 Å². The number of aromatic carboxylic acids is 1. The molecule has 1 N–H and O–H groups in total. The lowest BCUT2D eigenvalue weighted by molar-refractivity contribution is 0.0696. The smallest absolute Gasteiger partial charge is 0.335 e. The summed E-state index contributed by atoms with van der Waals surface area (Å²) in [6, 6.07) is 10.0. The summed E-state index contributed by atoms with van der Waals surface area (Å²) in [7, 11) is 1.64. The molecule has 0 saturated carbocycles. The molecule has 2 aliphatic rings. The van der Waals surface area contributed by atoms with E-state index in [1.165, 1.54) is 17.0 Å². The second-order valence-corrected chi connectivity index (χ2v) is 11.3. The second kappa shape index (κ2) is 8.43. The average Bonchev–Trinajstić information content (AvgIpc) is 3.14. The number of carbonyl (C=O) groups is 3. The van der Waals surface area contributed by atoms with Crippen molar-refractivity contribution >= 4 is 84.1 Å². The topological polar surface area (TPSA) is 74.7 Å². The zero-order valence-corrected chi connectivity index (χ0v) is 21.0. The minimum absolute atomic E-state index is 0.0267. The Morgan fingerprint density at radius 2 is 1.97 bits per heavy atom. The number of Topliss-reactive ketones (excluding diaryl/α,β-unsaturated/α-hetero) is 1. The summed E-state index contributed by atoms with van der Waals surface area (Å²) >= 11 is 12.7. The Bertz CT molecular complexity index is 1430. The van der Waals surface area contributed by atoms with Crippen LogP contribution in [-0.4, -0.2) is 35.1 Å². The number of carboxylic acid groups (broad SMARTS) is 1. The Morgan fingerprint density at radius 3 is 2.73 bits per heavy atom. The molecule has 0 saturated heterocycles. The van der Waals surface area contributed by atoms with Gasteiger partial charge in [0.2, 0.25) is 0 Å². The van der Waals surface area contributed by atoms with E-state index in [9.17, 15) is 19.5 Å². The number of thiophene rings is 1. The molecule has 166 valence electrons. The third kappa shape index (κ3) is 3.85. The van der Waals surface area contributed by atoms with Crippen molar-refractivity contribution in [3.63, 3.8) is 0 Å². The maximum atomic E-state index is 13.3. The molecular formula is C24H15BrClNO4S2. The number of allylic oxidation sites excluding steroid dienone is 3. The molecule has 5 rings (SSSR count). The average molecular weight is 561 g/mol. The number of amides is 1. The fourth-order valence-corrected chi connectivity index (χ4v) is 7.12. The highest BCUT2D eigenvalue weighted by molar-refractivity contribution is 9.11. The van der Waals surface area contributed by atoms with E-state index in [0.29, 0.717) is 31.2 Å². The molecule has 1 aliphatic carbocycles. The summed E-state index contributed by atoms with van der Waals surface area (Å²) in [6.07, 6.45) is 5.91. The Labute approximate surface area is 210 Å². The highest BCUT2D eigenvalue weighted by atomic mass is 79.9. The molecule has 2 aromatic carbocycles. The highest BCUT2D eigenvalue weighted by Gasteiger charge is 2.35. The van der Waals surface area contributed by atoms with E-state index in [4.69, 9.17) is 11.6 Å². The van der Waals surface area contributed by atoms with Gasteiger partial charge in [0.15, 0.2) is 5.78 Å². The normalized spacial score (nSPS) is 19.1. The molecule has 2 heterocycles. The Morgan fingerprint density at radius 1 is 1.18 bits per heavy atom. The summed E-state index contributed by atoms with van der Waals surface area (Å²) in [5.74, 6) is -1.59. The molecule has 2 unspecified atom stereocenters. The first-order chi connectivity index (χ1) is 15.7. The van der Waals surface area contributed by atoms with Crippen molar-refractivity contribution in [1.29, 1.82) is 0 Å². The van der Waals surface area contributed by atoms with Crippen molar-refractivity contribution in [3.8, 4) is 0 Å². The molecule has 1 amide bonds. The summed E-state index contributed by atoms with van der Waals surface area (Å²) in [6.45, 7) is 0. The van der Waals surface area contributed by atoms with Crippen molar-refractivity contribution in [2.75, 3.05) is 11.9 Å². The number of halogens is 2. The van der Waals surface area contributed by atoms with Gasteiger partial charge in [-0.3, -0.25) is 9.59 Å². The zero-order valence-electron chi connectivity index (χ0n) is 17.0. The lowest BCUT2D eigenvalue weighted by Crippen LogP contribution is -2.30. The lowest BCUT2D eigenvalue weighted by atomic mass is 9.90. The number of anilines is 1. The van der Waals surface area contributed by atoms with E-state index < -0.39 is 5.97 Å². The predicted octanol–water partition coefficient (Wildman–Crippen LogP) is 6.65. The molecule has 5 nitrogen and oxygen atoms in total. The van der Waals surface area contributed by atoms with Gasteiger partial charge in [0.25, 0.3) is 5.91 Å². The van der Waals surface area contributed by atoms with Gasteiger partial charge in [-0.25, -0.2) is 4.79 Å². The first-order valence-corrected chi connectivity index (χ1v) is 12.7. The molecule has 0 spiro atoms. The van der Waals surface area contributed by atoms with E-state index in [0.717, 1.165) is 20.7 Å². The Balaban J connectivity index is 1.48. The first-order valence-electron chi connectivity index (χ1n) is 9.88. The van der Waals surface area contributed by atoms with Gasteiger partial charge in [0.05, 0.1) is 16.5 Å². The van der Waals surface area contributed by atoms with Crippen molar-refractivity contribution in [2.45, 2.75) is 10.1 Å². The van der Waals surface area contributed by atoms with Gasteiger partial charge in [-0.2, -0.15) is 0 Å². The Hall–Kier alpha value is -2.39. The Kier molecular flexibility index (Phi) is 5.73. The van der Waals surface area contributed by atoms with Crippen LogP contribution >= 0.6 is 50.6 Å². The number of fused-ring (bicyclic) bond motifs is 3. The van der Waals surface area contributed by atoms with E-state index in [1.807, 2.05) is 30.4 Å². The summed E-state index contributed by atoms with van der Waals surface area (Å²) in [4.78, 5) is 40.4. The van der Waals surface area contributed by atoms with Gasteiger partial charge in [-0.05, 0) is 30.3 Å². The van der Waals surface area contributed by atoms with Crippen LogP contribution in [0.3, 0.4) is 0 Å². The summed E-state index contributed by atoms with van der Waals surface area (Å²) < 4.78 is 1.51. The largest absolute Gasteiger partial charge is 0.478 e. The number of nitrogens with zero attached hydrogens (tertiary/aromatic N) is 1. The predicted molar refractivity (Wildman–Crippen MR) is 137 cm³/mol. The summed E-state index contributed by atoms with van der Waals surface area (Å²) in [5.41, 5.74) is 1.31. The molecular weight excluding hydrogens is 546 g/mol. The molecule has 0 bridgehead atoms. The molecule has 33 heavy (non-hydrogen) atoms. The minimum Gasteiger partial charge on any atom is -0.478 e. The third-order valence-electron chi connectivity index (χ3n) is 5.69. The van der Waals surface area contributed by atoms with Crippen LogP contribution in [0.15, 0.2) is 64.0 Å². The van der Waals surface area contributed by atoms with Crippen LogP contribution in [0.1, 0.15) is 30.4 Å². The number of thioether (sulfide) groups is 1. The van der Waals surface area contributed by atoms with E-state index in [-0.39, 0.29) is 28.4 Å². The first kappa shape index (κ1) is 22.4. The number of hydrogen-bond donors (Lipinski definition) is 1. The number of hydrogen-bond acceptors (Lipinski definition) is 5. The lowest BCUT2D eigenvalue weighted by Gasteiger charge is -2.30. The summed E-state index contributed by atoms with van der Waals surface area (Å²) in [5, 5.41) is 10.2. The van der Waals surface area contributed by atoms with Crippen LogP contribution in [0.5, 0.6) is 0 Å². The number of benzene rings is 2. The third-order valence-corrected chi connectivity index (χ3v) is 9.20. The van der Waals surface area contributed by atoms with Gasteiger partial charge in [-0.1, -0.05) is 51.8 Å². The van der Waals surface area contributed by atoms with Crippen LogP contribution < -0.4 is 4.90 Å². The van der Waals surface area contributed by atoms with Crippen molar-refractivity contribution < 1.29 is 19.5 Å². The van der Waals surface area contributed by atoms with Gasteiger partial charge in [0.1, 0.15) is 4.88 Å². The number of carboxylic acids is 1. The van der Waals surface area contributed by atoms with E-state index in [2.05, 4.69) is 15.9 Å². The molecule has 0 radical (unpaired) electrons. The zero-order chi connectivity index (χ0) is 23.4. The van der Waals surface area contributed by atoms with Crippen LogP contribution in [0, 0.1) is 5.92 Å². The van der Waals surface area contributed by atoms with Gasteiger partial charge < -0.3 is 10.0 Å². The van der Waals surface area contributed by atoms with Crippen molar-refractivity contribution in [3.05, 3.63) is 80.1 Å². The highest BCUT2D eigenvalue weighted by Crippen LogP contribution is 2.44. The van der Waals surface area contributed by atoms with Crippen LogP contribution in [0.25, 0.3) is 10.1 Å². The van der Waals surface area contributed by atoms with Crippen LogP contribution in [0.2, 0.25) is 5.02 Å². The van der Waals surface area contributed by atoms with Crippen LogP contribution in [0.4, 0.5) is 5.69 Å². The van der Waals surface area contributed by atoms with E-state index in [1.54, 1.807) is 30.9 Å². The molecule has 1 aromatic heterocycles. The quantitative estimate of drug-likeness (QED) is 0.388. The van der Waals surface area contributed by atoms with Crippen molar-refractivity contribution in [1.82, 2.24) is 0 Å². The monoisotopic (exact) mass is 559 g/mol. The minimum atomic E-state index is -1.04. The molecule has 3 aromatic rings. The number of rotatable bonds is 3. The fourth-order valence-electron chi connectivity index (χ4n) is 3.92. The maximum absolute atomic E-state index is 13.3. The van der Waals surface area contributed by atoms with E-state index >= 15 is 0 Å². The maximum Gasteiger partial charge on any atom is 0.335 e. The van der Waals surface area contributed by atoms with Crippen molar-refractivity contribution in [2.24, 2.45) is 5.92 Å². The second-order valence-electron chi connectivity index (χ2n) is 7.69. The number of carbonyl (C=O) groups excluding carboxylic acids is 2. The van der Waals surface area contributed by atoms with Gasteiger partial charge in [-0.15, -0.1) is 23.1 Å². The molecule has 0 fully saturated rings. The molecule has 1 aliphatic heterocycles. The van der Waals surface area contributed by atoms with Gasteiger partial charge >= 0.3 is 5.97 Å². The fraction of sp³-hybridized carbons (Fsp3) is 0.125. The van der Waals surface area contributed by atoms with Crippen LogP contribution in [-0.2, 0) is 0 Å². The SMILES string of the molecule is CN(C(=O)c1sc2cc(C(=O)O)ccc2c1Cl)c1ccc2c(c1)C(=O)C1C=C(Br)C=CC1S2. The number of ketones is 1. The molecule has 9 heteroatoms. The standard InChI is InChI=1S/C24H15BrClNO4S2/c1-27(23(29)22-20(26)14-5-2-11(24(30)31)8-19(14)33-22)13-4-7-18-16(10-13)21(28)15-9-12(25)3-6-17(15)32-18/h2-10,15,17H,1H3,(H,30,31).